The summed E-state index contributed by atoms with van der Waals surface area (Å²) in [5.74, 6) is 0. The van der Waals surface area contributed by atoms with Crippen LogP contribution in [0.4, 0.5) is 5.69 Å². The first-order valence-corrected chi connectivity index (χ1v) is 7.97. The molecule has 0 amide bonds. The van der Waals surface area contributed by atoms with E-state index in [2.05, 4.69) is 69.2 Å². The third-order valence-corrected chi connectivity index (χ3v) is 4.06. The number of hydrogen-bond donors (Lipinski definition) is 1. The molecule has 2 aromatic heterocycles. The number of fused-ring (bicyclic) bond motifs is 1. The van der Waals surface area contributed by atoms with E-state index < -0.39 is 0 Å². The molecule has 0 radical (unpaired) electrons. The van der Waals surface area contributed by atoms with Gasteiger partial charge in [0.1, 0.15) is 6.33 Å². The average molecular weight is 314 g/mol. The van der Waals surface area contributed by atoms with Crippen molar-refractivity contribution in [3.8, 4) is 5.69 Å². The van der Waals surface area contributed by atoms with Gasteiger partial charge in [0.15, 0.2) is 0 Å². The predicted octanol–water partition coefficient (Wildman–Crippen LogP) is 4.34. The second-order valence-corrected chi connectivity index (χ2v) is 5.83. The molecule has 2 aromatic carbocycles. The van der Waals surface area contributed by atoms with Gasteiger partial charge in [0.05, 0.1) is 23.3 Å². The maximum Gasteiger partial charge on any atom is 0.100 e. The summed E-state index contributed by atoms with van der Waals surface area (Å²) in [4.78, 5) is 8.87. The van der Waals surface area contributed by atoms with Crippen molar-refractivity contribution < 1.29 is 0 Å². The molecule has 0 fully saturated rings. The second-order valence-electron chi connectivity index (χ2n) is 5.83. The molecular weight excluding hydrogens is 296 g/mol. The molecule has 1 N–H and O–H groups in total. The van der Waals surface area contributed by atoms with Crippen LogP contribution < -0.4 is 5.32 Å². The number of rotatable bonds is 4. The van der Waals surface area contributed by atoms with E-state index in [-0.39, 0.29) is 0 Å². The molecule has 2 heterocycles. The van der Waals surface area contributed by atoms with Gasteiger partial charge >= 0.3 is 0 Å². The van der Waals surface area contributed by atoms with Crippen LogP contribution in [0.5, 0.6) is 0 Å². The van der Waals surface area contributed by atoms with E-state index in [0.29, 0.717) is 6.54 Å². The predicted molar refractivity (Wildman–Crippen MR) is 97.4 cm³/mol. The van der Waals surface area contributed by atoms with Crippen LogP contribution in [0.15, 0.2) is 73.2 Å². The first-order chi connectivity index (χ1) is 11.8. The molecule has 0 spiro atoms. The number of nitrogens with one attached hydrogen (secondary N) is 1. The van der Waals surface area contributed by atoms with Gasteiger partial charge in [0.2, 0.25) is 0 Å². The SMILES string of the molecule is Cc1ccc(-n2cnc3cc(NCc4ccccn4)ccc32)cc1. The first-order valence-electron chi connectivity index (χ1n) is 7.97. The van der Waals surface area contributed by atoms with E-state index in [9.17, 15) is 0 Å². The van der Waals surface area contributed by atoms with Crippen LogP contribution in [0.1, 0.15) is 11.3 Å². The fourth-order valence-electron chi connectivity index (χ4n) is 2.73. The summed E-state index contributed by atoms with van der Waals surface area (Å²) in [6, 6.07) is 20.6. The van der Waals surface area contributed by atoms with Crippen LogP contribution in [0.3, 0.4) is 0 Å². The fourth-order valence-corrected chi connectivity index (χ4v) is 2.73. The van der Waals surface area contributed by atoms with E-state index in [1.807, 2.05) is 30.7 Å². The van der Waals surface area contributed by atoms with Crippen LogP contribution in [-0.2, 0) is 6.54 Å². The molecule has 0 saturated heterocycles. The monoisotopic (exact) mass is 314 g/mol. The summed E-state index contributed by atoms with van der Waals surface area (Å²) in [7, 11) is 0. The maximum atomic E-state index is 4.54. The fraction of sp³-hybridized carbons (Fsp3) is 0.100. The molecule has 118 valence electrons. The molecule has 0 atom stereocenters. The van der Waals surface area contributed by atoms with Crippen LogP contribution in [-0.4, -0.2) is 14.5 Å². The standard InChI is InChI=1S/C20H18N4/c1-15-5-8-18(9-6-15)24-14-23-19-12-16(7-10-20(19)24)22-13-17-4-2-3-11-21-17/h2-12,14,22H,13H2,1H3. The number of imidazole rings is 1. The Bertz CT molecular complexity index is 956. The summed E-state index contributed by atoms with van der Waals surface area (Å²) >= 11 is 0. The zero-order chi connectivity index (χ0) is 16.4. The Labute approximate surface area is 140 Å². The van der Waals surface area contributed by atoms with E-state index >= 15 is 0 Å². The lowest BCUT2D eigenvalue weighted by Crippen LogP contribution is -2.01. The molecular formula is C20H18N4. The Morgan fingerprint density at radius 1 is 0.958 bits per heavy atom. The zero-order valence-electron chi connectivity index (χ0n) is 13.5. The van der Waals surface area contributed by atoms with Crippen LogP contribution >= 0.6 is 0 Å². The van der Waals surface area contributed by atoms with E-state index in [0.717, 1.165) is 28.1 Å². The Morgan fingerprint density at radius 2 is 1.83 bits per heavy atom. The first kappa shape index (κ1) is 14.5. The van der Waals surface area contributed by atoms with Gasteiger partial charge in [-0.3, -0.25) is 9.55 Å². The van der Waals surface area contributed by atoms with Gasteiger partial charge in [-0.2, -0.15) is 0 Å². The Hall–Kier alpha value is -3.14. The summed E-state index contributed by atoms with van der Waals surface area (Å²) < 4.78 is 2.11. The second kappa shape index (κ2) is 6.16. The molecule has 0 unspecified atom stereocenters. The summed E-state index contributed by atoms with van der Waals surface area (Å²) in [5, 5.41) is 3.40. The summed E-state index contributed by atoms with van der Waals surface area (Å²) in [6.45, 7) is 2.79. The van der Waals surface area contributed by atoms with Crippen molar-refractivity contribution in [2.24, 2.45) is 0 Å². The van der Waals surface area contributed by atoms with Gasteiger partial charge in [-0.1, -0.05) is 23.8 Å². The third-order valence-electron chi connectivity index (χ3n) is 4.06. The minimum Gasteiger partial charge on any atom is -0.379 e. The quantitative estimate of drug-likeness (QED) is 0.609. The number of anilines is 1. The minimum absolute atomic E-state index is 0.699. The van der Waals surface area contributed by atoms with Gasteiger partial charge in [0, 0.05) is 17.6 Å². The Balaban J connectivity index is 1.59. The highest BCUT2D eigenvalue weighted by atomic mass is 15.0. The molecule has 4 aromatic rings. The Kier molecular flexibility index (Phi) is 3.71. The van der Waals surface area contributed by atoms with Gasteiger partial charge in [-0.05, 0) is 49.4 Å². The van der Waals surface area contributed by atoms with Crippen molar-refractivity contribution in [3.05, 3.63) is 84.4 Å². The number of hydrogen-bond acceptors (Lipinski definition) is 3. The zero-order valence-corrected chi connectivity index (χ0v) is 13.5. The van der Waals surface area contributed by atoms with Crippen molar-refractivity contribution in [3.63, 3.8) is 0 Å². The lowest BCUT2D eigenvalue weighted by molar-refractivity contribution is 1.05. The van der Waals surface area contributed by atoms with Gasteiger partial charge in [-0.25, -0.2) is 4.98 Å². The van der Waals surface area contributed by atoms with Crippen LogP contribution in [0.2, 0.25) is 0 Å². The molecule has 4 rings (SSSR count). The summed E-state index contributed by atoms with van der Waals surface area (Å²) in [6.07, 6.45) is 3.68. The summed E-state index contributed by atoms with van der Waals surface area (Å²) in [5.41, 5.74) is 6.51. The van der Waals surface area contributed by atoms with Crippen molar-refractivity contribution in [1.29, 1.82) is 0 Å². The highest BCUT2D eigenvalue weighted by molar-refractivity contribution is 5.81. The van der Waals surface area contributed by atoms with Gasteiger partial charge in [-0.15, -0.1) is 0 Å². The highest BCUT2D eigenvalue weighted by Crippen LogP contribution is 2.22. The molecule has 4 nitrogen and oxygen atoms in total. The van der Waals surface area contributed by atoms with E-state index in [1.54, 1.807) is 0 Å². The normalized spacial score (nSPS) is 10.9. The number of aromatic nitrogens is 3. The largest absolute Gasteiger partial charge is 0.379 e. The number of benzene rings is 2. The number of aryl methyl sites for hydroxylation is 1. The molecule has 0 aliphatic rings. The number of pyridine rings is 1. The molecule has 0 aliphatic carbocycles. The van der Waals surface area contributed by atoms with E-state index in [1.165, 1.54) is 5.56 Å². The average Bonchev–Trinajstić information content (AvgIpc) is 3.05. The lowest BCUT2D eigenvalue weighted by Gasteiger charge is -2.07. The van der Waals surface area contributed by atoms with Crippen molar-refractivity contribution in [1.82, 2.24) is 14.5 Å². The van der Waals surface area contributed by atoms with Crippen molar-refractivity contribution in [2.45, 2.75) is 13.5 Å². The minimum atomic E-state index is 0.699. The van der Waals surface area contributed by atoms with Crippen molar-refractivity contribution in [2.75, 3.05) is 5.32 Å². The molecule has 4 heteroatoms. The van der Waals surface area contributed by atoms with E-state index in [4.69, 9.17) is 0 Å². The molecule has 0 saturated carbocycles. The van der Waals surface area contributed by atoms with Gasteiger partial charge < -0.3 is 5.32 Å². The smallest absolute Gasteiger partial charge is 0.100 e. The van der Waals surface area contributed by atoms with Crippen molar-refractivity contribution >= 4 is 16.7 Å². The molecule has 24 heavy (non-hydrogen) atoms. The number of nitrogens with zero attached hydrogens (tertiary/aromatic N) is 3. The maximum absolute atomic E-state index is 4.54. The third kappa shape index (κ3) is 2.86. The molecule has 0 bridgehead atoms. The van der Waals surface area contributed by atoms with Gasteiger partial charge in [0.25, 0.3) is 0 Å². The highest BCUT2D eigenvalue weighted by Gasteiger charge is 2.05. The molecule has 0 aliphatic heterocycles. The van der Waals surface area contributed by atoms with Crippen LogP contribution in [0, 0.1) is 6.92 Å². The lowest BCUT2D eigenvalue weighted by atomic mass is 10.2. The Morgan fingerprint density at radius 3 is 2.62 bits per heavy atom. The topological polar surface area (TPSA) is 42.7 Å². The van der Waals surface area contributed by atoms with Crippen LogP contribution in [0.25, 0.3) is 16.7 Å².